The lowest BCUT2D eigenvalue weighted by Crippen LogP contribution is -2.31. The van der Waals surface area contributed by atoms with Gasteiger partial charge in [0, 0.05) is 36.9 Å². The molecule has 31 heavy (non-hydrogen) atoms. The van der Waals surface area contributed by atoms with Gasteiger partial charge in [0.05, 0.1) is 12.6 Å². The van der Waals surface area contributed by atoms with Crippen molar-refractivity contribution in [1.29, 1.82) is 0 Å². The molecule has 0 N–H and O–H groups in total. The summed E-state index contributed by atoms with van der Waals surface area (Å²) in [5.74, 6) is 1.99. The number of anilines is 1. The summed E-state index contributed by atoms with van der Waals surface area (Å²) in [5, 5.41) is 1.31. The molecular formula is C27H29N3O. The summed E-state index contributed by atoms with van der Waals surface area (Å²) in [6, 6.07) is 19.4. The van der Waals surface area contributed by atoms with Crippen LogP contribution < -0.4 is 9.64 Å². The van der Waals surface area contributed by atoms with E-state index >= 15 is 0 Å². The van der Waals surface area contributed by atoms with Gasteiger partial charge in [-0.05, 0) is 60.2 Å². The molecule has 4 heteroatoms. The van der Waals surface area contributed by atoms with Gasteiger partial charge >= 0.3 is 0 Å². The molecule has 4 nitrogen and oxygen atoms in total. The van der Waals surface area contributed by atoms with Crippen LogP contribution in [0, 0.1) is 6.92 Å². The second-order valence-corrected chi connectivity index (χ2v) is 8.33. The van der Waals surface area contributed by atoms with Crippen LogP contribution in [0.2, 0.25) is 0 Å². The quantitative estimate of drug-likeness (QED) is 0.433. The summed E-state index contributed by atoms with van der Waals surface area (Å²) in [6.07, 6.45) is 4.04. The fraction of sp³-hybridized carbons (Fsp3) is 0.296. The molecule has 3 heterocycles. The number of hydrogen-bond donors (Lipinski definition) is 0. The van der Waals surface area contributed by atoms with Gasteiger partial charge in [-0.3, -0.25) is 0 Å². The van der Waals surface area contributed by atoms with E-state index in [0.717, 1.165) is 44.0 Å². The molecule has 0 bridgehead atoms. The summed E-state index contributed by atoms with van der Waals surface area (Å²) in [6.45, 7) is 7.24. The van der Waals surface area contributed by atoms with Crippen molar-refractivity contribution in [1.82, 2.24) is 9.55 Å². The van der Waals surface area contributed by atoms with E-state index in [1.54, 1.807) is 7.11 Å². The van der Waals surface area contributed by atoms with Crippen molar-refractivity contribution in [2.24, 2.45) is 0 Å². The van der Waals surface area contributed by atoms with Crippen LogP contribution in [0.3, 0.4) is 0 Å². The molecular weight excluding hydrogens is 382 g/mol. The van der Waals surface area contributed by atoms with E-state index in [2.05, 4.69) is 65.8 Å². The fourth-order valence-corrected chi connectivity index (χ4v) is 4.96. The van der Waals surface area contributed by atoms with Crippen molar-refractivity contribution < 1.29 is 4.74 Å². The third-order valence-corrected chi connectivity index (χ3v) is 6.60. The highest BCUT2D eigenvalue weighted by Gasteiger charge is 2.23. The SMILES string of the molecule is CCc1c(C)c2ccnc(N3CCc4ccccc4C3)c2n1Cc1ccc(OC)cc1. The molecule has 2 aromatic carbocycles. The first kappa shape index (κ1) is 19.7. The van der Waals surface area contributed by atoms with Crippen LogP contribution in [0.5, 0.6) is 5.75 Å². The Morgan fingerprint density at radius 3 is 2.52 bits per heavy atom. The van der Waals surface area contributed by atoms with Crippen molar-refractivity contribution in [2.45, 2.75) is 39.8 Å². The van der Waals surface area contributed by atoms with Gasteiger partial charge in [0.1, 0.15) is 5.75 Å². The number of aromatic nitrogens is 2. The zero-order chi connectivity index (χ0) is 21.4. The summed E-state index contributed by atoms with van der Waals surface area (Å²) in [7, 11) is 1.71. The fourth-order valence-electron chi connectivity index (χ4n) is 4.96. The van der Waals surface area contributed by atoms with E-state index in [0.29, 0.717) is 0 Å². The molecule has 0 aliphatic carbocycles. The maximum Gasteiger partial charge on any atom is 0.153 e. The van der Waals surface area contributed by atoms with Gasteiger partial charge in [0.2, 0.25) is 0 Å². The number of nitrogens with zero attached hydrogens (tertiary/aromatic N) is 3. The van der Waals surface area contributed by atoms with Crippen molar-refractivity contribution in [3.63, 3.8) is 0 Å². The third kappa shape index (κ3) is 3.46. The Labute approximate surface area is 184 Å². The van der Waals surface area contributed by atoms with Gasteiger partial charge in [-0.1, -0.05) is 43.3 Å². The molecule has 0 spiro atoms. The smallest absolute Gasteiger partial charge is 0.153 e. The molecule has 0 atom stereocenters. The van der Waals surface area contributed by atoms with Crippen LogP contribution in [0.15, 0.2) is 60.8 Å². The molecule has 0 unspecified atom stereocenters. The minimum Gasteiger partial charge on any atom is -0.497 e. The number of aryl methyl sites for hydroxylation is 1. The molecule has 0 amide bonds. The van der Waals surface area contributed by atoms with Crippen molar-refractivity contribution in [3.8, 4) is 5.75 Å². The minimum atomic E-state index is 0.834. The van der Waals surface area contributed by atoms with E-state index in [-0.39, 0.29) is 0 Å². The first-order chi connectivity index (χ1) is 15.2. The second kappa shape index (κ2) is 8.10. The lowest BCUT2D eigenvalue weighted by Gasteiger charge is -2.30. The average Bonchev–Trinajstić information content (AvgIpc) is 3.10. The molecule has 1 aliphatic rings. The van der Waals surface area contributed by atoms with Crippen LogP contribution in [0.1, 0.15) is 34.9 Å². The number of hydrogen-bond acceptors (Lipinski definition) is 3. The van der Waals surface area contributed by atoms with Crippen LogP contribution in [0.4, 0.5) is 5.82 Å². The number of pyridine rings is 1. The average molecular weight is 412 g/mol. The van der Waals surface area contributed by atoms with Gasteiger partial charge < -0.3 is 14.2 Å². The zero-order valence-corrected chi connectivity index (χ0v) is 18.6. The van der Waals surface area contributed by atoms with E-state index in [1.807, 2.05) is 18.3 Å². The summed E-state index contributed by atoms with van der Waals surface area (Å²) in [5.41, 5.74) is 8.15. The summed E-state index contributed by atoms with van der Waals surface area (Å²) in [4.78, 5) is 7.36. The van der Waals surface area contributed by atoms with E-state index < -0.39 is 0 Å². The number of methoxy groups -OCH3 is 1. The lowest BCUT2D eigenvalue weighted by molar-refractivity contribution is 0.414. The van der Waals surface area contributed by atoms with Gasteiger partial charge in [0.15, 0.2) is 5.82 Å². The van der Waals surface area contributed by atoms with E-state index in [4.69, 9.17) is 9.72 Å². The van der Waals surface area contributed by atoms with E-state index in [1.165, 1.54) is 38.9 Å². The number of ether oxygens (including phenoxy) is 1. The Bertz CT molecular complexity index is 1220. The maximum absolute atomic E-state index is 5.34. The number of benzene rings is 2. The highest BCUT2D eigenvalue weighted by atomic mass is 16.5. The Balaban J connectivity index is 1.61. The molecule has 158 valence electrons. The first-order valence-corrected chi connectivity index (χ1v) is 11.1. The van der Waals surface area contributed by atoms with Crippen LogP contribution in [-0.4, -0.2) is 23.2 Å². The Morgan fingerprint density at radius 2 is 1.77 bits per heavy atom. The van der Waals surface area contributed by atoms with Crippen LogP contribution in [-0.2, 0) is 25.9 Å². The molecule has 2 aromatic heterocycles. The zero-order valence-electron chi connectivity index (χ0n) is 18.6. The normalized spacial score (nSPS) is 13.5. The third-order valence-electron chi connectivity index (χ3n) is 6.60. The van der Waals surface area contributed by atoms with Gasteiger partial charge in [0.25, 0.3) is 0 Å². The van der Waals surface area contributed by atoms with Gasteiger partial charge in [-0.2, -0.15) is 0 Å². The Morgan fingerprint density at radius 1 is 1.00 bits per heavy atom. The molecule has 1 aliphatic heterocycles. The number of rotatable bonds is 5. The predicted molar refractivity (Wildman–Crippen MR) is 127 cm³/mol. The van der Waals surface area contributed by atoms with Crippen molar-refractivity contribution >= 4 is 16.7 Å². The highest BCUT2D eigenvalue weighted by molar-refractivity contribution is 5.93. The summed E-state index contributed by atoms with van der Waals surface area (Å²) < 4.78 is 7.82. The van der Waals surface area contributed by atoms with Crippen LogP contribution >= 0.6 is 0 Å². The standard InChI is InChI=1S/C27H29N3O/c1-4-25-19(2)24-13-15-28-27(29-16-14-21-7-5-6-8-22(21)18-29)26(24)30(25)17-20-9-11-23(31-3)12-10-20/h5-13,15H,4,14,16-18H2,1-3H3. The maximum atomic E-state index is 5.34. The van der Waals surface area contributed by atoms with E-state index in [9.17, 15) is 0 Å². The minimum absolute atomic E-state index is 0.834. The van der Waals surface area contributed by atoms with Gasteiger partial charge in [-0.25, -0.2) is 4.98 Å². The monoisotopic (exact) mass is 411 g/mol. The molecule has 5 rings (SSSR count). The second-order valence-electron chi connectivity index (χ2n) is 8.33. The van der Waals surface area contributed by atoms with Gasteiger partial charge in [-0.15, -0.1) is 0 Å². The number of fused-ring (bicyclic) bond motifs is 2. The first-order valence-electron chi connectivity index (χ1n) is 11.1. The molecule has 4 aromatic rings. The topological polar surface area (TPSA) is 30.3 Å². The highest BCUT2D eigenvalue weighted by Crippen LogP contribution is 2.35. The molecule has 0 radical (unpaired) electrons. The van der Waals surface area contributed by atoms with Crippen molar-refractivity contribution in [3.05, 3.63) is 88.7 Å². The predicted octanol–water partition coefficient (Wildman–Crippen LogP) is 5.53. The lowest BCUT2D eigenvalue weighted by atomic mass is 10.00. The largest absolute Gasteiger partial charge is 0.497 e. The molecule has 0 saturated heterocycles. The molecule has 0 fully saturated rings. The Hall–Kier alpha value is -3.27. The summed E-state index contributed by atoms with van der Waals surface area (Å²) >= 11 is 0. The van der Waals surface area contributed by atoms with Crippen molar-refractivity contribution in [2.75, 3.05) is 18.6 Å². The molecule has 0 saturated carbocycles. The Kier molecular flexibility index (Phi) is 5.14. The van der Waals surface area contributed by atoms with Crippen LogP contribution in [0.25, 0.3) is 10.9 Å².